The maximum atomic E-state index is 13.7. The molecule has 0 aromatic rings. The van der Waals surface area contributed by atoms with E-state index in [1.807, 2.05) is 0 Å². The molecule has 128 heavy (non-hydrogen) atoms. The van der Waals surface area contributed by atoms with E-state index in [0.29, 0.717) is 0 Å². The fourth-order valence-electron chi connectivity index (χ4n) is 16.8. The maximum absolute atomic E-state index is 13.7. The van der Waals surface area contributed by atoms with Gasteiger partial charge in [0, 0.05) is 20.8 Å². The summed E-state index contributed by atoms with van der Waals surface area (Å²) < 4.78 is 126. The summed E-state index contributed by atoms with van der Waals surface area (Å²) in [6.45, 7) is -2.85. The van der Waals surface area contributed by atoms with Gasteiger partial charge in [-0.3, -0.25) is 14.4 Å². The minimum absolute atomic E-state index is 0.905. The molecular formula is C72H121N3O53. The van der Waals surface area contributed by atoms with Crippen LogP contribution in [0.1, 0.15) is 41.5 Å². The summed E-state index contributed by atoms with van der Waals surface area (Å²) in [7, 11) is 0. The third kappa shape index (κ3) is 22.5. The van der Waals surface area contributed by atoms with E-state index in [-0.39, 0.29) is 0 Å². The molecular weight excluding hydrogens is 1750 g/mol. The lowest BCUT2D eigenvalue weighted by atomic mass is 9.93. The molecule has 55 atom stereocenters. The van der Waals surface area contributed by atoms with Crippen molar-refractivity contribution in [3.63, 3.8) is 0 Å². The van der Waals surface area contributed by atoms with Gasteiger partial charge in [-0.15, -0.1) is 0 Å². The molecule has 0 saturated carbocycles. The van der Waals surface area contributed by atoms with Crippen molar-refractivity contribution in [3.8, 4) is 0 Å². The number of carbonyl (C=O) groups excluding carboxylic acids is 3. The van der Waals surface area contributed by atoms with Gasteiger partial charge < -0.3 is 264 Å². The fraction of sp³-hybridized carbons (Fsp3) is 0.958. The topological polar surface area (TPSA) is 868 Å². The van der Waals surface area contributed by atoms with Gasteiger partial charge in [0.2, 0.25) is 17.7 Å². The molecule has 11 rings (SSSR count). The van der Waals surface area contributed by atoms with Crippen molar-refractivity contribution >= 4 is 17.7 Å². The molecule has 11 saturated heterocycles. The normalized spacial score (nSPS) is 51.6. The summed E-state index contributed by atoms with van der Waals surface area (Å²) in [5.41, 5.74) is 0. The van der Waals surface area contributed by atoms with Crippen molar-refractivity contribution in [2.75, 3.05) is 52.9 Å². The van der Waals surface area contributed by atoms with Gasteiger partial charge in [-0.2, -0.15) is 0 Å². The van der Waals surface area contributed by atoms with Gasteiger partial charge in [0.25, 0.3) is 0 Å². The molecule has 0 spiro atoms. The van der Waals surface area contributed by atoms with Gasteiger partial charge in [-0.25, -0.2) is 0 Å². The molecule has 0 aromatic carbocycles. The Balaban J connectivity index is 0.908. The predicted octanol–water partition coefficient (Wildman–Crippen LogP) is -21.5. The summed E-state index contributed by atoms with van der Waals surface area (Å²) in [5, 5.41) is 332. The first-order valence-corrected chi connectivity index (χ1v) is 41.2. The zero-order valence-electron chi connectivity index (χ0n) is 69.2. The second-order valence-electron chi connectivity index (χ2n) is 33.0. The Morgan fingerprint density at radius 1 is 0.219 bits per heavy atom. The molecule has 11 fully saturated rings. The van der Waals surface area contributed by atoms with E-state index in [1.165, 1.54) is 20.8 Å². The lowest BCUT2D eigenvalue weighted by molar-refractivity contribution is -0.395. The molecule has 0 bridgehead atoms. The van der Waals surface area contributed by atoms with Gasteiger partial charge in [0.15, 0.2) is 69.2 Å². The lowest BCUT2D eigenvalue weighted by Gasteiger charge is -2.52. The van der Waals surface area contributed by atoms with E-state index in [4.69, 9.17) is 99.5 Å². The van der Waals surface area contributed by atoms with E-state index >= 15 is 0 Å². The Morgan fingerprint density at radius 2 is 0.477 bits per heavy atom. The summed E-state index contributed by atoms with van der Waals surface area (Å²) >= 11 is 0. The molecule has 56 heteroatoms. The van der Waals surface area contributed by atoms with Gasteiger partial charge in [0.1, 0.15) is 250 Å². The number of aliphatic hydroxyl groups is 29. The van der Waals surface area contributed by atoms with Crippen molar-refractivity contribution in [1.29, 1.82) is 0 Å². The predicted molar refractivity (Wildman–Crippen MR) is 393 cm³/mol. The fourth-order valence-corrected chi connectivity index (χ4v) is 16.8. The van der Waals surface area contributed by atoms with E-state index in [2.05, 4.69) is 16.0 Å². The third-order valence-corrected chi connectivity index (χ3v) is 24.1. The first-order chi connectivity index (χ1) is 60.5. The molecule has 0 aromatic heterocycles. The molecule has 11 aliphatic rings. The van der Waals surface area contributed by atoms with Crippen LogP contribution >= 0.6 is 0 Å². The smallest absolute Gasteiger partial charge is 0.217 e. The highest BCUT2D eigenvalue weighted by atomic mass is 16.8. The summed E-state index contributed by atoms with van der Waals surface area (Å²) in [4.78, 5) is 40.4. The van der Waals surface area contributed by atoms with E-state index in [0.717, 1.165) is 20.8 Å². The zero-order chi connectivity index (χ0) is 94.1. The minimum Gasteiger partial charge on any atom is -0.394 e. The van der Waals surface area contributed by atoms with Crippen LogP contribution in [0.5, 0.6) is 0 Å². The second kappa shape index (κ2) is 45.1. The molecule has 0 aliphatic carbocycles. The van der Waals surface area contributed by atoms with Crippen LogP contribution < -0.4 is 16.0 Å². The SMILES string of the molecule is CC(=O)N[C@H]1[C@H](OC[C@H]2O[C@@H](O[C@H]3[C@H](O)[C@@H](O)C(O)O[C@@H]3CO)[C@H](O)[C@@H](O[C@@H]3O[C@H](CO)[C@@H](O)[C@H](O[C@@H]4O[C@H](CO)[C@H](O)[C@H](O)[C@H]4O[C@H]4O[C@H](C)[C@H](O)[C@H](O)[C@H]4O)[C@H]3NC(C)=O)[C@H]2O)O[C@H](CO)[C@@H](O[C@@H]2O[C@H](CO)[C@H](O)[C@H](O[C@@H]3O[C@H](CO)[C@@H](O)[C@H](O[C@@H]4O[C@H](CO)[C@H](O)[C@H](O)[C@H]4O[C@H]4O[C@H](C)[C@H](O)[C@H](O)[C@H]4O)[C@H]3NC(C)=O)[C@H]2O)[C@@H]1O[C@H]1O[C@H](C)[C@H](O)[C@H](O)[C@H]1O. The van der Waals surface area contributed by atoms with Gasteiger partial charge >= 0.3 is 0 Å². The molecule has 3 amide bonds. The number of amides is 3. The standard InChI is InChI=1S/C72H121N3O53/c1-15-32(86)41(95)48(102)66(109-15)124-57-31(75-20(6)85)63(118-27(13-82)54(57)121-69-51(105)58(39(93)25(11-80)115-69)125-64-29(73-18(4)83)55(37(91)23(9-78)113-64)122-71-60(44(98)35(89)21(7-76)116-71)127-67-49(103)42(96)33(87)16(2)110-67)108-14-28-40(94)59(52(106)70(119-28)120-53-26(12-81)112-62(107)47(101)46(53)100)126-65-30(74-19(5)84)56(38(92)24(10-79)114-65)123-72-61(45(99)36(90)22(8-77)117-72)128-68-50(104)43(97)34(88)17(3)111-68/h15-17,21-72,76-82,86-107H,7-14H2,1-6H3,(H,73,83)(H,74,84)(H,75,85)/t15-,16-,17-,21-,22-,23-,24-,25-,26-,27-,28-,29-,30-,31-,32+,33+,34+,35+,36+,37-,38-,39+,40+,41+,42+,43+,44+,45+,46-,47-,48-,49-,50-,51-,52-,53-,54-,55-,56-,57-,58+,59+,60-,61-,62?,63-,64+,65+,66-,67-,68-,69+,70+,71+,72+/m1/s1. The van der Waals surface area contributed by atoms with Crippen molar-refractivity contribution in [1.82, 2.24) is 16.0 Å². The van der Waals surface area contributed by atoms with Crippen molar-refractivity contribution in [2.24, 2.45) is 0 Å². The van der Waals surface area contributed by atoms with E-state index in [1.54, 1.807) is 0 Å². The van der Waals surface area contributed by atoms with Crippen LogP contribution in [0.25, 0.3) is 0 Å². The Bertz CT molecular complexity index is 3460. The van der Waals surface area contributed by atoms with Crippen LogP contribution in [0.15, 0.2) is 0 Å². The number of rotatable bonds is 31. The molecule has 56 nitrogen and oxygen atoms in total. The van der Waals surface area contributed by atoms with Crippen molar-refractivity contribution in [3.05, 3.63) is 0 Å². The highest BCUT2D eigenvalue weighted by Crippen LogP contribution is 2.42. The average Bonchev–Trinajstić information content (AvgIpc) is 0.759. The molecule has 32 N–H and O–H groups in total. The first-order valence-electron chi connectivity index (χ1n) is 41.2. The Morgan fingerprint density at radius 3 is 0.844 bits per heavy atom. The third-order valence-electron chi connectivity index (χ3n) is 24.1. The highest BCUT2D eigenvalue weighted by molar-refractivity contribution is 5.74. The number of aliphatic hydroxyl groups excluding tert-OH is 29. The van der Waals surface area contributed by atoms with Crippen LogP contribution in [0.3, 0.4) is 0 Å². The second-order valence-corrected chi connectivity index (χ2v) is 33.0. The van der Waals surface area contributed by atoms with Crippen LogP contribution in [-0.2, 0) is 114 Å². The van der Waals surface area contributed by atoms with Crippen LogP contribution in [0, 0.1) is 0 Å². The average molecular weight is 1880 g/mol. The van der Waals surface area contributed by atoms with Crippen molar-refractivity contribution < 1.29 is 262 Å². The summed E-state index contributed by atoms with van der Waals surface area (Å²) in [5.74, 6) is -3.04. The Labute approximate surface area is 725 Å². The number of hydrogen-bond acceptors (Lipinski definition) is 53. The number of ether oxygens (including phenoxy) is 21. The molecule has 742 valence electrons. The van der Waals surface area contributed by atoms with E-state index < -0.39 is 408 Å². The van der Waals surface area contributed by atoms with Crippen LogP contribution in [-0.4, -0.2) is 556 Å². The van der Waals surface area contributed by atoms with Crippen LogP contribution in [0.4, 0.5) is 0 Å². The number of carbonyl (C=O) groups is 3. The number of hydrogen-bond donors (Lipinski definition) is 32. The molecule has 11 heterocycles. The van der Waals surface area contributed by atoms with Gasteiger partial charge in [-0.1, -0.05) is 0 Å². The van der Waals surface area contributed by atoms with Crippen molar-refractivity contribution in [2.45, 2.75) is 379 Å². The maximum Gasteiger partial charge on any atom is 0.217 e. The Hall–Kier alpha value is -3.59. The number of nitrogens with one attached hydrogen (secondary N) is 3. The van der Waals surface area contributed by atoms with Crippen LogP contribution in [0.2, 0.25) is 0 Å². The quantitative estimate of drug-likeness (QED) is 0.0306. The van der Waals surface area contributed by atoms with Gasteiger partial charge in [-0.05, 0) is 20.8 Å². The van der Waals surface area contributed by atoms with Gasteiger partial charge in [0.05, 0.1) is 71.2 Å². The molecule has 0 radical (unpaired) electrons. The Kier molecular flexibility index (Phi) is 37.0. The summed E-state index contributed by atoms with van der Waals surface area (Å²) in [6, 6.07) is -6.08. The largest absolute Gasteiger partial charge is 0.394 e. The van der Waals surface area contributed by atoms with E-state index in [9.17, 15) is 162 Å². The minimum atomic E-state index is -2.51. The highest BCUT2D eigenvalue weighted by Gasteiger charge is 2.63. The molecule has 11 aliphatic heterocycles. The first kappa shape index (κ1) is 105. The monoisotopic (exact) mass is 1880 g/mol. The molecule has 1 unspecified atom stereocenters. The summed E-state index contributed by atoms with van der Waals surface area (Å²) in [6.07, 6.45) is -108. The zero-order valence-corrected chi connectivity index (χ0v) is 69.2. The lowest BCUT2D eigenvalue weighted by Crippen LogP contribution is -2.71.